The lowest BCUT2D eigenvalue weighted by atomic mass is 10.0. The van der Waals surface area contributed by atoms with E-state index in [2.05, 4.69) is 10.3 Å². The van der Waals surface area contributed by atoms with Crippen LogP contribution in [0.25, 0.3) is 10.9 Å². The van der Waals surface area contributed by atoms with Gasteiger partial charge >= 0.3 is 0 Å². The molecule has 0 aliphatic rings. The fourth-order valence-electron chi connectivity index (χ4n) is 3.12. The second kappa shape index (κ2) is 7.94. The first-order valence-corrected chi connectivity index (χ1v) is 9.12. The molecule has 3 rings (SSSR count). The number of Topliss-reactive ketones (excluding diaryl/α,β-unsaturated/α-hetero) is 1. The van der Waals surface area contributed by atoms with Crippen LogP contribution in [0.2, 0.25) is 5.02 Å². The first-order valence-electron chi connectivity index (χ1n) is 8.74. The molecule has 1 amide bonds. The molecule has 6 heteroatoms. The van der Waals surface area contributed by atoms with Crippen LogP contribution in [0.4, 0.5) is 5.69 Å². The van der Waals surface area contributed by atoms with Crippen LogP contribution in [0.5, 0.6) is 0 Å². The van der Waals surface area contributed by atoms with Crippen molar-refractivity contribution in [3.8, 4) is 0 Å². The Morgan fingerprint density at radius 1 is 1.15 bits per heavy atom. The fourth-order valence-corrected chi connectivity index (χ4v) is 3.30. The Morgan fingerprint density at radius 3 is 2.56 bits per heavy atom. The van der Waals surface area contributed by atoms with Gasteiger partial charge in [0.1, 0.15) is 0 Å². The highest BCUT2D eigenvalue weighted by Crippen LogP contribution is 2.24. The van der Waals surface area contributed by atoms with Gasteiger partial charge in [-0.3, -0.25) is 14.5 Å². The summed E-state index contributed by atoms with van der Waals surface area (Å²) in [7, 11) is 1.76. The number of aromatic nitrogens is 1. The van der Waals surface area contributed by atoms with Crippen molar-refractivity contribution < 1.29 is 9.59 Å². The summed E-state index contributed by atoms with van der Waals surface area (Å²) in [6.45, 7) is 3.79. The molecule has 0 aliphatic heterocycles. The Kier molecular flexibility index (Phi) is 5.63. The Bertz CT molecular complexity index is 996. The molecule has 5 nitrogen and oxygen atoms in total. The quantitative estimate of drug-likeness (QED) is 0.624. The van der Waals surface area contributed by atoms with E-state index in [4.69, 9.17) is 11.6 Å². The number of aryl methyl sites for hydroxylation is 1. The number of benzene rings is 2. The standard InChI is InChI=1S/C21H22ClN3O2/c1-13-20(15-8-4-6-10-17(15)23-13)21(27)14(2)25(3)12-19(26)24-18-11-7-5-9-16(18)22/h4-11,14,23H,12H2,1-3H3,(H,24,26). The number of nitrogens with one attached hydrogen (secondary N) is 2. The number of ketones is 1. The van der Waals surface area contributed by atoms with Crippen LogP contribution in [-0.2, 0) is 4.79 Å². The van der Waals surface area contributed by atoms with Crippen LogP contribution in [0, 0.1) is 6.92 Å². The summed E-state index contributed by atoms with van der Waals surface area (Å²) >= 11 is 6.07. The lowest BCUT2D eigenvalue weighted by molar-refractivity contribution is -0.117. The molecular weight excluding hydrogens is 362 g/mol. The Hall–Kier alpha value is -2.63. The smallest absolute Gasteiger partial charge is 0.238 e. The van der Waals surface area contributed by atoms with Crippen LogP contribution in [0.3, 0.4) is 0 Å². The van der Waals surface area contributed by atoms with Gasteiger partial charge in [0.15, 0.2) is 5.78 Å². The number of carbonyl (C=O) groups is 2. The normalized spacial score (nSPS) is 12.3. The molecule has 0 bridgehead atoms. The van der Waals surface area contributed by atoms with Crippen molar-refractivity contribution in [2.24, 2.45) is 0 Å². The monoisotopic (exact) mass is 383 g/mol. The van der Waals surface area contributed by atoms with E-state index in [0.717, 1.165) is 16.6 Å². The second-order valence-corrected chi connectivity index (χ2v) is 7.06. The van der Waals surface area contributed by atoms with Gasteiger partial charge in [-0.15, -0.1) is 0 Å². The van der Waals surface area contributed by atoms with E-state index in [9.17, 15) is 9.59 Å². The Morgan fingerprint density at radius 2 is 1.81 bits per heavy atom. The first kappa shape index (κ1) is 19.1. The van der Waals surface area contributed by atoms with Crippen LogP contribution in [-0.4, -0.2) is 41.2 Å². The summed E-state index contributed by atoms with van der Waals surface area (Å²) < 4.78 is 0. The van der Waals surface area contributed by atoms with Gasteiger partial charge in [0.25, 0.3) is 0 Å². The van der Waals surface area contributed by atoms with Gasteiger partial charge in [-0.2, -0.15) is 0 Å². The molecule has 0 saturated heterocycles. The molecule has 2 aromatic carbocycles. The van der Waals surface area contributed by atoms with Crippen molar-refractivity contribution in [3.05, 3.63) is 64.8 Å². The highest BCUT2D eigenvalue weighted by atomic mass is 35.5. The van der Waals surface area contributed by atoms with Gasteiger partial charge in [-0.1, -0.05) is 41.9 Å². The highest BCUT2D eigenvalue weighted by Gasteiger charge is 2.25. The number of anilines is 1. The van der Waals surface area contributed by atoms with Crippen molar-refractivity contribution in [1.82, 2.24) is 9.88 Å². The van der Waals surface area contributed by atoms with E-state index in [1.54, 1.807) is 36.2 Å². The summed E-state index contributed by atoms with van der Waals surface area (Å²) in [6, 6.07) is 14.3. The second-order valence-electron chi connectivity index (χ2n) is 6.65. The van der Waals surface area contributed by atoms with Gasteiger partial charge in [0, 0.05) is 22.2 Å². The molecule has 27 heavy (non-hydrogen) atoms. The molecule has 0 spiro atoms. The molecule has 1 aromatic heterocycles. The molecule has 3 aromatic rings. The number of fused-ring (bicyclic) bond motifs is 1. The Balaban J connectivity index is 1.72. The molecule has 1 heterocycles. The van der Waals surface area contributed by atoms with Crippen LogP contribution in [0.15, 0.2) is 48.5 Å². The van der Waals surface area contributed by atoms with Crippen LogP contribution >= 0.6 is 11.6 Å². The van der Waals surface area contributed by atoms with Gasteiger partial charge in [0.05, 0.1) is 23.3 Å². The highest BCUT2D eigenvalue weighted by molar-refractivity contribution is 6.33. The third-order valence-electron chi connectivity index (χ3n) is 4.72. The minimum Gasteiger partial charge on any atom is -0.358 e. The minimum atomic E-state index is -0.445. The van der Waals surface area contributed by atoms with E-state index in [-0.39, 0.29) is 18.2 Å². The van der Waals surface area contributed by atoms with Gasteiger partial charge in [-0.05, 0) is 39.1 Å². The minimum absolute atomic E-state index is 0.0157. The van der Waals surface area contributed by atoms with Crippen molar-refractivity contribution in [2.75, 3.05) is 18.9 Å². The number of para-hydroxylation sites is 2. The van der Waals surface area contributed by atoms with Crippen LogP contribution < -0.4 is 5.32 Å². The zero-order chi connectivity index (χ0) is 19.6. The Labute approximate surface area is 163 Å². The number of likely N-dealkylation sites (N-methyl/N-ethyl adjacent to an activating group) is 1. The van der Waals surface area contributed by atoms with Crippen LogP contribution in [0.1, 0.15) is 23.0 Å². The van der Waals surface area contributed by atoms with E-state index in [1.165, 1.54) is 0 Å². The number of hydrogen-bond acceptors (Lipinski definition) is 3. The SMILES string of the molecule is Cc1[nH]c2ccccc2c1C(=O)C(C)N(C)CC(=O)Nc1ccccc1Cl. The number of H-pyrrole nitrogens is 1. The molecule has 0 fully saturated rings. The molecule has 2 N–H and O–H groups in total. The van der Waals surface area contributed by atoms with Crippen molar-refractivity contribution >= 4 is 39.9 Å². The summed E-state index contributed by atoms with van der Waals surface area (Å²) in [4.78, 5) is 30.4. The molecule has 1 atom stereocenters. The predicted octanol–water partition coefficient (Wildman–Crippen LogP) is 4.27. The molecular formula is C21H22ClN3O2. The first-order chi connectivity index (χ1) is 12.9. The van der Waals surface area contributed by atoms with Crippen molar-refractivity contribution in [2.45, 2.75) is 19.9 Å². The number of hydrogen-bond donors (Lipinski definition) is 2. The molecule has 0 saturated carbocycles. The summed E-state index contributed by atoms with van der Waals surface area (Å²) in [6.07, 6.45) is 0. The summed E-state index contributed by atoms with van der Waals surface area (Å²) in [5.41, 5.74) is 3.01. The third kappa shape index (κ3) is 4.04. The van der Waals surface area contributed by atoms with E-state index >= 15 is 0 Å². The summed E-state index contributed by atoms with van der Waals surface area (Å²) in [5.74, 6) is -0.237. The number of halogens is 1. The lowest BCUT2D eigenvalue weighted by Crippen LogP contribution is -2.41. The number of rotatable bonds is 6. The predicted molar refractivity (Wildman–Crippen MR) is 110 cm³/mol. The number of carbonyl (C=O) groups excluding carboxylic acids is 2. The average molecular weight is 384 g/mol. The largest absolute Gasteiger partial charge is 0.358 e. The van der Waals surface area contributed by atoms with Gasteiger partial charge in [-0.25, -0.2) is 0 Å². The fraction of sp³-hybridized carbons (Fsp3) is 0.238. The number of aromatic amines is 1. The zero-order valence-corrected chi connectivity index (χ0v) is 16.3. The molecule has 140 valence electrons. The average Bonchev–Trinajstić information content (AvgIpc) is 2.98. The van der Waals surface area contributed by atoms with Gasteiger partial charge in [0.2, 0.25) is 5.91 Å². The maximum Gasteiger partial charge on any atom is 0.238 e. The topological polar surface area (TPSA) is 65.2 Å². The maximum absolute atomic E-state index is 13.1. The molecule has 0 aliphatic carbocycles. The summed E-state index contributed by atoms with van der Waals surface area (Å²) in [5, 5.41) is 4.16. The number of amides is 1. The number of nitrogens with zero attached hydrogens (tertiary/aromatic N) is 1. The molecule has 0 radical (unpaired) electrons. The maximum atomic E-state index is 13.1. The van der Waals surface area contributed by atoms with E-state index < -0.39 is 6.04 Å². The lowest BCUT2D eigenvalue weighted by Gasteiger charge is -2.23. The molecule has 1 unspecified atom stereocenters. The van der Waals surface area contributed by atoms with Crippen molar-refractivity contribution in [3.63, 3.8) is 0 Å². The van der Waals surface area contributed by atoms with Gasteiger partial charge < -0.3 is 10.3 Å². The zero-order valence-electron chi connectivity index (χ0n) is 15.5. The van der Waals surface area contributed by atoms with E-state index in [0.29, 0.717) is 16.3 Å². The van der Waals surface area contributed by atoms with E-state index in [1.807, 2.05) is 38.1 Å². The third-order valence-corrected chi connectivity index (χ3v) is 5.05. The van der Waals surface area contributed by atoms with Crippen molar-refractivity contribution in [1.29, 1.82) is 0 Å².